The highest BCUT2D eigenvalue weighted by Gasteiger charge is 2.29. The first-order valence-corrected chi connectivity index (χ1v) is 6.08. The Kier molecular flexibility index (Phi) is 6.80. The Labute approximate surface area is 103 Å². The third kappa shape index (κ3) is 4.73. The first-order chi connectivity index (χ1) is 7.84. The Hall–Kier alpha value is -1.10. The van der Waals surface area contributed by atoms with E-state index in [1.54, 1.807) is 0 Å². The van der Waals surface area contributed by atoms with Gasteiger partial charge in [-0.3, -0.25) is 4.79 Å². The maximum atomic E-state index is 11.9. The summed E-state index contributed by atoms with van der Waals surface area (Å²) in [5.41, 5.74) is 5.53. The van der Waals surface area contributed by atoms with E-state index in [-0.39, 0.29) is 30.2 Å². The van der Waals surface area contributed by atoms with E-state index in [1.165, 1.54) is 0 Å². The van der Waals surface area contributed by atoms with Crippen molar-refractivity contribution in [2.75, 3.05) is 6.54 Å². The van der Waals surface area contributed by atoms with Crippen LogP contribution < -0.4 is 11.1 Å². The quantitative estimate of drug-likeness (QED) is 0.618. The van der Waals surface area contributed by atoms with E-state index in [2.05, 4.69) is 5.32 Å². The summed E-state index contributed by atoms with van der Waals surface area (Å²) in [6.07, 6.45) is 0.701. The van der Waals surface area contributed by atoms with Crippen LogP contribution in [0.3, 0.4) is 0 Å². The van der Waals surface area contributed by atoms with Crippen molar-refractivity contribution in [3.63, 3.8) is 0 Å². The Bertz CT molecular complexity index is 266. The lowest BCUT2D eigenvalue weighted by molar-refractivity contribution is -0.144. The maximum absolute atomic E-state index is 11.9. The van der Waals surface area contributed by atoms with Gasteiger partial charge in [0.15, 0.2) is 0 Å². The van der Waals surface area contributed by atoms with Crippen LogP contribution in [0.15, 0.2) is 0 Å². The van der Waals surface area contributed by atoms with E-state index < -0.39 is 12.0 Å². The monoisotopic (exact) mass is 244 g/mol. The van der Waals surface area contributed by atoms with Crippen LogP contribution in [0, 0.1) is 17.8 Å². The second-order valence-corrected chi connectivity index (χ2v) is 4.80. The van der Waals surface area contributed by atoms with Gasteiger partial charge < -0.3 is 16.2 Å². The maximum Gasteiger partial charge on any atom is 0.326 e. The normalized spacial score (nSPS) is 16.4. The zero-order chi connectivity index (χ0) is 13.6. The number of carbonyl (C=O) groups excluding carboxylic acids is 1. The average Bonchev–Trinajstić information content (AvgIpc) is 2.24. The predicted octanol–water partition coefficient (Wildman–Crippen LogP) is 0.833. The smallest absolute Gasteiger partial charge is 0.326 e. The molecule has 0 fully saturated rings. The minimum Gasteiger partial charge on any atom is -0.480 e. The molecule has 0 aromatic heterocycles. The summed E-state index contributed by atoms with van der Waals surface area (Å²) >= 11 is 0. The summed E-state index contributed by atoms with van der Waals surface area (Å²) in [6, 6.07) is -0.833. The Balaban J connectivity index is 4.65. The van der Waals surface area contributed by atoms with Gasteiger partial charge in [0.1, 0.15) is 6.04 Å². The molecule has 0 aromatic carbocycles. The molecule has 0 aliphatic rings. The van der Waals surface area contributed by atoms with Crippen molar-refractivity contribution in [2.24, 2.45) is 23.5 Å². The summed E-state index contributed by atoms with van der Waals surface area (Å²) in [7, 11) is 0. The molecule has 3 unspecified atom stereocenters. The van der Waals surface area contributed by atoms with E-state index in [0.29, 0.717) is 6.42 Å². The molecule has 0 rings (SSSR count). The fourth-order valence-electron chi connectivity index (χ4n) is 1.63. The number of amides is 1. The van der Waals surface area contributed by atoms with Crippen molar-refractivity contribution in [3.8, 4) is 0 Å². The molecule has 0 aliphatic carbocycles. The molecule has 0 bridgehead atoms. The number of nitrogens with one attached hydrogen (secondary N) is 1. The fraction of sp³-hybridized carbons (Fsp3) is 0.833. The molecule has 0 saturated carbocycles. The molecule has 0 spiro atoms. The van der Waals surface area contributed by atoms with Crippen molar-refractivity contribution in [1.82, 2.24) is 5.32 Å². The SMILES string of the molecule is CCC(C)C(NC(=O)C(CN)C(C)C)C(=O)O. The molecule has 5 heteroatoms. The molecule has 0 aromatic rings. The number of carboxylic acids is 1. The third-order valence-corrected chi connectivity index (χ3v) is 3.17. The highest BCUT2D eigenvalue weighted by molar-refractivity contribution is 5.85. The summed E-state index contributed by atoms with van der Waals surface area (Å²) in [5, 5.41) is 11.7. The fourth-order valence-corrected chi connectivity index (χ4v) is 1.63. The first kappa shape index (κ1) is 15.9. The topological polar surface area (TPSA) is 92.4 Å². The van der Waals surface area contributed by atoms with E-state index in [1.807, 2.05) is 27.7 Å². The number of hydrogen-bond donors (Lipinski definition) is 3. The van der Waals surface area contributed by atoms with Crippen LogP contribution in [0.4, 0.5) is 0 Å². The summed E-state index contributed by atoms with van der Waals surface area (Å²) in [6.45, 7) is 7.74. The Morgan fingerprint density at radius 2 is 1.82 bits per heavy atom. The number of nitrogens with two attached hydrogens (primary N) is 1. The highest BCUT2D eigenvalue weighted by atomic mass is 16.4. The van der Waals surface area contributed by atoms with Gasteiger partial charge in [-0.25, -0.2) is 4.79 Å². The van der Waals surface area contributed by atoms with Gasteiger partial charge in [0.2, 0.25) is 5.91 Å². The van der Waals surface area contributed by atoms with Crippen LogP contribution in [0.2, 0.25) is 0 Å². The van der Waals surface area contributed by atoms with Gasteiger partial charge in [0.05, 0.1) is 5.92 Å². The molecule has 100 valence electrons. The minimum atomic E-state index is -0.993. The zero-order valence-corrected chi connectivity index (χ0v) is 11.1. The van der Waals surface area contributed by atoms with Gasteiger partial charge >= 0.3 is 5.97 Å². The molecule has 5 nitrogen and oxygen atoms in total. The highest BCUT2D eigenvalue weighted by Crippen LogP contribution is 2.12. The van der Waals surface area contributed by atoms with Gasteiger partial charge in [0.25, 0.3) is 0 Å². The molecule has 0 saturated heterocycles. The molecule has 4 N–H and O–H groups in total. The average molecular weight is 244 g/mol. The van der Waals surface area contributed by atoms with E-state index >= 15 is 0 Å². The zero-order valence-electron chi connectivity index (χ0n) is 11.1. The van der Waals surface area contributed by atoms with Crippen LogP contribution in [0.1, 0.15) is 34.1 Å². The minimum absolute atomic E-state index is 0.0953. The summed E-state index contributed by atoms with van der Waals surface area (Å²) < 4.78 is 0. The molecule has 17 heavy (non-hydrogen) atoms. The number of carboxylic acid groups (broad SMARTS) is 1. The van der Waals surface area contributed by atoms with Gasteiger partial charge in [-0.15, -0.1) is 0 Å². The Morgan fingerprint density at radius 3 is 2.12 bits per heavy atom. The lowest BCUT2D eigenvalue weighted by Gasteiger charge is -2.24. The molecule has 0 heterocycles. The van der Waals surface area contributed by atoms with Crippen LogP contribution in [0.5, 0.6) is 0 Å². The van der Waals surface area contributed by atoms with Gasteiger partial charge in [-0.1, -0.05) is 34.1 Å². The summed E-state index contributed by atoms with van der Waals surface area (Å²) in [5.74, 6) is -1.59. The third-order valence-electron chi connectivity index (χ3n) is 3.17. The lowest BCUT2D eigenvalue weighted by Crippen LogP contribution is -2.49. The van der Waals surface area contributed by atoms with Crippen LogP contribution >= 0.6 is 0 Å². The largest absolute Gasteiger partial charge is 0.480 e. The van der Waals surface area contributed by atoms with Crippen LogP contribution in [-0.4, -0.2) is 29.6 Å². The van der Waals surface area contributed by atoms with Crippen LogP contribution in [-0.2, 0) is 9.59 Å². The van der Waals surface area contributed by atoms with Crippen molar-refractivity contribution >= 4 is 11.9 Å². The van der Waals surface area contributed by atoms with Crippen molar-refractivity contribution in [3.05, 3.63) is 0 Å². The molecule has 0 aliphatic heterocycles. The molecular weight excluding hydrogens is 220 g/mol. The predicted molar refractivity (Wildman–Crippen MR) is 66.4 cm³/mol. The molecular formula is C12H24N2O3. The van der Waals surface area contributed by atoms with Gasteiger partial charge in [-0.2, -0.15) is 0 Å². The number of rotatable bonds is 7. The number of aliphatic carboxylic acids is 1. The molecule has 3 atom stereocenters. The van der Waals surface area contributed by atoms with Crippen molar-refractivity contribution in [2.45, 2.75) is 40.2 Å². The number of hydrogen-bond acceptors (Lipinski definition) is 3. The lowest BCUT2D eigenvalue weighted by atomic mass is 9.93. The van der Waals surface area contributed by atoms with E-state index in [9.17, 15) is 9.59 Å². The van der Waals surface area contributed by atoms with Crippen molar-refractivity contribution < 1.29 is 14.7 Å². The number of carbonyl (C=O) groups is 2. The van der Waals surface area contributed by atoms with E-state index in [0.717, 1.165) is 0 Å². The van der Waals surface area contributed by atoms with E-state index in [4.69, 9.17) is 10.8 Å². The van der Waals surface area contributed by atoms with Gasteiger partial charge in [0, 0.05) is 6.54 Å². The van der Waals surface area contributed by atoms with Gasteiger partial charge in [-0.05, 0) is 11.8 Å². The molecule has 0 radical (unpaired) electrons. The standard InChI is InChI=1S/C12H24N2O3/c1-5-8(4)10(12(16)17)14-11(15)9(6-13)7(2)3/h7-10H,5-6,13H2,1-4H3,(H,14,15)(H,16,17). The summed E-state index contributed by atoms with van der Waals surface area (Å²) in [4.78, 5) is 23.0. The second kappa shape index (κ2) is 7.27. The molecule has 1 amide bonds. The van der Waals surface area contributed by atoms with Crippen molar-refractivity contribution in [1.29, 1.82) is 0 Å². The Morgan fingerprint density at radius 1 is 1.29 bits per heavy atom. The first-order valence-electron chi connectivity index (χ1n) is 6.08. The second-order valence-electron chi connectivity index (χ2n) is 4.80. The van der Waals surface area contributed by atoms with Crippen LogP contribution in [0.25, 0.3) is 0 Å².